The Labute approximate surface area is 111 Å². The molecule has 0 aromatic rings. The zero-order valence-electron chi connectivity index (χ0n) is 10.4. The lowest BCUT2D eigenvalue weighted by Gasteiger charge is -2.32. The molecule has 0 aliphatic heterocycles. The van der Waals surface area contributed by atoms with Gasteiger partial charge in [0.25, 0.3) is 10.1 Å². The quantitative estimate of drug-likeness (QED) is 0.448. The van der Waals surface area contributed by atoms with Gasteiger partial charge in [0.05, 0.1) is 0 Å². The van der Waals surface area contributed by atoms with Gasteiger partial charge >= 0.3 is 11.9 Å². The first-order valence-electron chi connectivity index (χ1n) is 5.17. The molecular weight excluding hydrogens is 276 g/mol. The summed E-state index contributed by atoms with van der Waals surface area (Å²) in [5.74, 6) is -3.59. The van der Waals surface area contributed by atoms with Gasteiger partial charge in [-0.1, -0.05) is 11.6 Å². The first-order valence-corrected chi connectivity index (χ1v) is 6.67. The van der Waals surface area contributed by atoms with E-state index in [0.29, 0.717) is 0 Å². The summed E-state index contributed by atoms with van der Waals surface area (Å²) in [4.78, 5) is 22.5. The third kappa shape index (κ3) is 3.90. The Hall–Kier alpha value is -1.67. The standard InChI is InChI=1S/C11H16O7S/c1-4-5-11(10(14)15,6-7(2)3)8(9(12)13)19(16,17)18/h4,8H,1-2,5-6H2,3H3,(H,12,13)(H,14,15)(H,16,17,18). The van der Waals surface area contributed by atoms with E-state index in [2.05, 4.69) is 13.2 Å². The molecule has 0 amide bonds. The van der Waals surface area contributed by atoms with Crippen LogP contribution < -0.4 is 0 Å². The fraction of sp³-hybridized carbons (Fsp3) is 0.455. The van der Waals surface area contributed by atoms with Gasteiger partial charge in [-0.2, -0.15) is 8.42 Å². The summed E-state index contributed by atoms with van der Waals surface area (Å²) in [5.41, 5.74) is -1.97. The molecular formula is C11H16O7S. The zero-order chi connectivity index (χ0) is 15.4. The molecule has 0 bridgehead atoms. The second kappa shape index (κ2) is 5.98. The fourth-order valence-corrected chi connectivity index (χ4v) is 3.10. The molecule has 0 saturated heterocycles. The van der Waals surface area contributed by atoms with Crippen LogP contribution in [0.5, 0.6) is 0 Å². The van der Waals surface area contributed by atoms with E-state index in [-0.39, 0.29) is 5.57 Å². The van der Waals surface area contributed by atoms with Gasteiger partial charge in [-0.05, 0) is 19.8 Å². The highest BCUT2D eigenvalue weighted by atomic mass is 32.2. The van der Waals surface area contributed by atoms with E-state index in [1.54, 1.807) is 0 Å². The Bertz CT molecular complexity index is 505. The minimum atomic E-state index is -5.10. The molecule has 0 aliphatic rings. The Kier molecular flexibility index (Phi) is 5.46. The largest absolute Gasteiger partial charge is 0.481 e. The van der Waals surface area contributed by atoms with Crippen LogP contribution in [0.1, 0.15) is 19.8 Å². The maximum atomic E-state index is 11.4. The Morgan fingerprint density at radius 3 is 2.05 bits per heavy atom. The number of allylic oxidation sites excluding steroid dienone is 2. The van der Waals surface area contributed by atoms with Crippen molar-refractivity contribution in [2.24, 2.45) is 5.41 Å². The smallest absolute Gasteiger partial charge is 0.325 e. The SMILES string of the molecule is C=CCC(CC(=C)C)(C(=O)O)C(C(=O)O)S(=O)(=O)O. The predicted molar refractivity (Wildman–Crippen MR) is 67.3 cm³/mol. The van der Waals surface area contributed by atoms with Gasteiger partial charge in [-0.3, -0.25) is 14.1 Å². The highest BCUT2D eigenvalue weighted by Gasteiger charge is 2.55. The van der Waals surface area contributed by atoms with Crippen molar-refractivity contribution >= 4 is 22.1 Å². The van der Waals surface area contributed by atoms with Crippen molar-refractivity contribution in [1.29, 1.82) is 0 Å². The Morgan fingerprint density at radius 1 is 1.37 bits per heavy atom. The van der Waals surface area contributed by atoms with Crippen LogP contribution in [0.15, 0.2) is 24.8 Å². The van der Waals surface area contributed by atoms with E-state index in [0.717, 1.165) is 6.08 Å². The number of aliphatic carboxylic acids is 2. The molecule has 0 fully saturated rings. The first kappa shape index (κ1) is 17.3. The zero-order valence-corrected chi connectivity index (χ0v) is 11.2. The van der Waals surface area contributed by atoms with Gasteiger partial charge in [0.2, 0.25) is 0 Å². The summed E-state index contributed by atoms with van der Waals surface area (Å²) in [6, 6.07) is 0. The van der Waals surface area contributed by atoms with Crippen LogP contribution in [-0.4, -0.2) is 40.4 Å². The summed E-state index contributed by atoms with van der Waals surface area (Å²) < 4.78 is 31.5. The van der Waals surface area contributed by atoms with Gasteiger partial charge < -0.3 is 10.2 Å². The van der Waals surface area contributed by atoms with Crippen molar-refractivity contribution in [2.75, 3.05) is 0 Å². The lowest BCUT2D eigenvalue weighted by molar-refractivity contribution is -0.155. The van der Waals surface area contributed by atoms with E-state index < -0.39 is 45.6 Å². The number of hydrogen-bond acceptors (Lipinski definition) is 4. The Morgan fingerprint density at radius 2 is 1.84 bits per heavy atom. The third-order valence-corrected chi connectivity index (χ3v) is 3.82. The molecule has 0 spiro atoms. The molecule has 0 heterocycles. The lowest BCUT2D eigenvalue weighted by atomic mass is 9.75. The number of rotatable bonds is 8. The van der Waals surface area contributed by atoms with E-state index in [1.807, 2.05) is 0 Å². The topological polar surface area (TPSA) is 129 Å². The second-order valence-corrected chi connectivity index (χ2v) is 5.82. The van der Waals surface area contributed by atoms with Crippen LogP contribution in [-0.2, 0) is 19.7 Å². The third-order valence-electron chi connectivity index (χ3n) is 2.58. The average Bonchev–Trinajstić information content (AvgIpc) is 2.12. The van der Waals surface area contributed by atoms with Crippen LogP contribution in [0.4, 0.5) is 0 Å². The highest BCUT2D eigenvalue weighted by molar-refractivity contribution is 7.87. The van der Waals surface area contributed by atoms with Crippen LogP contribution in [0.2, 0.25) is 0 Å². The normalized spacial score (nSPS) is 16.1. The first-order chi connectivity index (χ1) is 8.49. The van der Waals surface area contributed by atoms with Gasteiger partial charge in [-0.15, -0.1) is 13.2 Å². The molecule has 7 nitrogen and oxygen atoms in total. The maximum Gasteiger partial charge on any atom is 0.325 e. The summed E-state index contributed by atoms with van der Waals surface area (Å²) in [5, 5.41) is 15.7. The summed E-state index contributed by atoms with van der Waals surface area (Å²) in [7, 11) is -5.10. The fourth-order valence-electron chi connectivity index (χ4n) is 1.99. The monoisotopic (exact) mass is 292 g/mol. The summed E-state index contributed by atoms with van der Waals surface area (Å²) >= 11 is 0. The highest BCUT2D eigenvalue weighted by Crippen LogP contribution is 2.38. The second-order valence-electron chi connectivity index (χ2n) is 4.32. The van der Waals surface area contributed by atoms with Crippen molar-refractivity contribution in [3.8, 4) is 0 Å². The van der Waals surface area contributed by atoms with Crippen molar-refractivity contribution in [2.45, 2.75) is 25.0 Å². The minimum Gasteiger partial charge on any atom is -0.481 e. The number of hydrogen-bond donors (Lipinski definition) is 3. The molecule has 3 N–H and O–H groups in total. The van der Waals surface area contributed by atoms with Crippen molar-refractivity contribution < 1.29 is 32.8 Å². The summed E-state index contributed by atoms with van der Waals surface area (Å²) in [6.07, 6.45) is 0.245. The number of carbonyl (C=O) groups is 2. The van der Waals surface area contributed by atoms with Gasteiger partial charge in [0, 0.05) is 0 Å². The summed E-state index contributed by atoms with van der Waals surface area (Å²) in [6.45, 7) is 8.19. The predicted octanol–water partition coefficient (Wildman–Crippen LogP) is 0.941. The van der Waals surface area contributed by atoms with Crippen LogP contribution in [0.3, 0.4) is 0 Å². The van der Waals surface area contributed by atoms with Gasteiger partial charge in [0.1, 0.15) is 5.41 Å². The number of carboxylic acids is 2. The molecule has 2 unspecified atom stereocenters. The van der Waals surface area contributed by atoms with Crippen molar-refractivity contribution in [3.05, 3.63) is 24.8 Å². The molecule has 0 rings (SSSR count). The maximum absolute atomic E-state index is 11.4. The molecule has 2 atom stereocenters. The van der Waals surface area contributed by atoms with E-state index >= 15 is 0 Å². The van der Waals surface area contributed by atoms with E-state index in [4.69, 9.17) is 9.66 Å². The molecule has 8 heteroatoms. The minimum absolute atomic E-state index is 0.277. The van der Waals surface area contributed by atoms with Crippen LogP contribution in [0.25, 0.3) is 0 Å². The molecule has 0 saturated carbocycles. The van der Waals surface area contributed by atoms with Crippen molar-refractivity contribution in [1.82, 2.24) is 0 Å². The molecule has 0 radical (unpaired) electrons. The van der Waals surface area contributed by atoms with Crippen molar-refractivity contribution in [3.63, 3.8) is 0 Å². The lowest BCUT2D eigenvalue weighted by Crippen LogP contribution is -2.51. The molecule has 108 valence electrons. The number of carboxylic acid groups (broad SMARTS) is 2. The molecule has 0 aromatic heterocycles. The molecule has 0 aliphatic carbocycles. The Balaban J connectivity index is 6.18. The van der Waals surface area contributed by atoms with E-state index in [9.17, 15) is 23.1 Å². The van der Waals surface area contributed by atoms with Crippen LogP contribution >= 0.6 is 0 Å². The average molecular weight is 292 g/mol. The molecule has 0 aromatic carbocycles. The molecule has 19 heavy (non-hydrogen) atoms. The van der Waals surface area contributed by atoms with E-state index in [1.165, 1.54) is 6.92 Å². The van der Waals surface area contributed by atoms with Gasteiger partial charge in [0.15, 0.2) is 5.25 Å². The van der Waals surface area contributed by atoms with Gasteiger partial charge in [-0.25, -0.2) is 0 Å². The van der Waals surface area contributed by atoms with Crippen LogP contribution in [0, 0.1) is 5.41 Å².